The molecule has 1 aliphatic rings. The van der Waals surface area contributed by atoms with Crippen LogP contribution in [0.2, 0.25) is 0 Å². The molecule has 1 nitrogen and oxygen atoms in total. The van der Waals surface area contributed by atoms with Gasteiger partial charge >= 0.3 is 0 Å². The summed E-state index contributed by atoms with van der Waals surface area (Å²) < 4.78 is 0. The van der Waals surface area contributed by atoms with Gasteiger partial charge in [-0.1, -0.05) is 80.6 Å². The molecule has 33 heavy (non-hydrogen) atoms. The Balaban J connectivity index is 1.40. The van der Waals surface area contributed by atoms with Gasteiger partial charge in [-0.25, -0.2) is 0 Å². The Morgan fingerprint density at radius 1 is 0.545 bits per heavy atom. The highest BCUT2D eigenvalue weighted by Crippen LogP contribution is 2.50. The molecule has 0 spiro atoms. The van der Waals surface area contributed by atoms with E-state index in [0.29, 0.717) is 0 Å². The van der Waals surface area contributed by atoms with Crippen molar-refractivity contribution in [3.05, 3.63) is 114 Å². The number of aromatic nitrogens is 1. The number of hydrogen-bond donors (Lipinski definition) is 0. The van der Waals surface area contributed by atoms with Crippen LogP contribution in [0, 0.1) is 0 Å². The molecule has 0 fully saturated rings. The molecule has 7 rings (SSSR count). The van der Waals surface area contributed by atoms with Crippen molar-refractivity contribution in [2.75, 3.05) is 0 Å². The van der Waals surface area contributed by atoms with Crippen molar-refractivity contribution in [2.24, 2.45) is 0 Å². The smallest absolute Gasteiger partial charge is 0.0705 e. The Bertz CT molecular complexity index is 1740. The van der Waals surface area contributed by atoms with Crippen LogP contribution in [0.15, 0.2) is 103 Å². The SMILES string of the molecule is CC1(C)c2cc(-c3ccc4c(ccc5ccccc54)c3)ccc2-c2cc3cccnc3cc21. The summed E-state index contributed by atoms with van der Waals surface area (Å²) in [6.45, 7) is 4.67. The summed E-state index contributed by atoms with van der Waals surface area (Å²) in [6.07, 6.45) is 1.88. The number of hydrogen-bond acceptors (Lipinski definition) is 1. The lowest BCUT2D eigenvalue weighted by atomic mass is 9.81. The summed E-state index contributed by atoms with van der Waals surface area (Å²) in [5.41, 5.74) is 8.99. The fourth-order valence-electron chi connectivity index (χ4n) is 5.67. The van der Waals surface area contributed by atoms with E-state index in [4.69, 9.17) is 0 Å². The van der Waals surface area contributed by atoms with Crippen LogP contribution in [0.3, 0.4) is 0 Å². The van der Waals surface area contributed by atoms with E-state index in [1.165, 1.54) is 60.3 Å². The van der Waals surface area contributed by atoms with E-state index in [1.54, 1.807) is 0 Å². The van der Waals surface area contributed by atoms with Gasteiger partial charge in [-0.2, -0.15) is 0 Å². The number of benzene rings is 5. The van der Waals surface area contributed by atoms with Crippen molar-refractivity contribution in [3.63, 3.8) is 0 Å². The average molecular weight is 422 g/mol. The van der Waals surface area contributed by atoms with E-state index in [1.807, 2.05) is 12.3 Å². The monoisotopic (exact) mass is 421 g/mol. The fourth-order valence-corrected chi connectivity index (χ4v) is 5.67. The highest BCUT2D eigenvalue weighted by atomic mass is 14.6. The number of rotatable bonds is 1. The number of pyridine rings is 1. The Labute approximate surface area is 193 Å². The van der Waals surface area contributed by atoms with Gasteiger partial charge in [-0.3, -0.25) is 4.98 Å². The predicted molar refractivity (Wildman–Crippen MR) is 140 cm³/mol. The molecule has 1 aliphatic carbocycles. The standard InChI is InChI=1S/C32H23N/c1-32(2)29-18-22(12-14-27(29)28-17-24-7-5-15-33-31(24)19-30(28)32)21-11-13-26-23(16-21)10-9-20-6-3-4-8-25(20)26/h3-19H,1-2H3. The molecule has 1 aromatic heterocycles. The molecule has 1 heteroatoms. The summed E-state index contributed by atoms with van der Waals surface area (Å²) in [6, 6.07) is 35.7. The summed E-state index contributed by atoms with van der Waals surface area (Å²) in [5.74, 6) is 0. The maximum absolute atomic E-state index is 4.60. The van der Waals surface area contributed by atoms with Crippen LogP contribution in [-0.4, -0.2) is 4.98 Å². The first-order chi connectivity index (χ1) is 16.1. The molecule has 0 bridgehead atoms. The summed E-state index contributed by atoms with van der Waals surface area (Å²) in [7, 11) is 0. The summed E-state index contributed by atoms with van der Waals surface area (Å²) >= 11 is 0. The van der Waals surface area contributed by atoms with E-state index in [0.717, 1.165) is 5.52 Å². The van der Waals surface area contributed by atoms with E-state index in [9.17, 15) is 0 Å². The quantitative estimate of drug-likeness (QED) is 0.242. The molecule has 0 saturated heterocycles. The van der Waals surface area contributed by atoms with Gasteiger partial charge in [0.15, 0.2) is 0 Å². The minimum absolute atomic E-state index is 0.0561. The molecule has 0 unspecified atom stereocenters. The zero-order valence-electron chi connectivity index (χ0n) is 18.8. The molecule has 6 aromatic rings. The molecule has 0 aliphatic heterocycles. The molecule has 0 saturated carbocycles. The highest BCUT2D eigenvalue weighted by Gasteiger charge is 2.36. The molecule has 5 aromatic carbocycles. The fraction of sp³-hybridized carbons (Fsp3) is 0.0938. The van der Waals surface area contributed by atoms with Crippen molar-refractivity contribution >= 4 is 32.4 Å². The summed E-state index contributed by atoms with van der Waals surface area (Å²) in [5, 5.41) is 6.40. The molecule has 0 radical (unpaired) electrons. The Kier molecular flexibility index (Phi) is 3.67. The van der Waals surface area contributed by atoms with E-state index in [-0.39, 0.29) is 5.41 Å². The lowest BCUT2D eigenvalue weighted by molar-refractivity contribution is 0.661. The first-order valence-corrected chi connectivity index (χ1v) is 11.6. The van der Waals surface area contributed by atoms with Crippen LogP contribution in [-0.2, 0) is 5.41 Å². The minimum atomic E-state index is -0.0561. The van der Waals surface area contributed by atoms with Gasteiger partial charge in [0.2, 0.25) is 0 Å². The second-order valence-electron chi connectivity index (χ2n) is 9.70. The lowest BCUT2D eigenvalue weighted by Gasteiger charge is -2.22. The van der Waals surface area contributed by atoms with Gasteiger partial charge < -0.3 is 0 Å². The largest absolute Gasteiger partial charge is 0.256 e. The molecule has 0 atom stereocenters. The van der Waals surface area contributed by atoms with E-state index in [2.05, 4.69) is 110 Å². The third kappa shape index (κ3) is 2.63. The van der Waals surface area contributed by atoms with Gasteiger partial charge in [0.1, 0.15) is 0 Å². The Morgan fingerprint density at radius 3 is 2.21 bits per heavy atom. The molecule has 0 N–H and O–H groups in total. The average Bonchev–Trinajstić information content (AvgIpc) is 3.08. The minimum Gasteiger partial charge on any atom is -0.256 e. The van der Waals surface area contributed by atoms with Gasteiger partial charge in [-0.05, 0) is 85.3 Å². The number of nitrogens with zero attached hydrogens (tertiary/aromatic N) is 1. The van der Waals surface area contributed by atoms with Gasteiger partial charge in [0.25, 0.3) is 0 Å². The van der Waals surface area contributed by atoms with Crippen molar-refractivity contribution < 1.29 is 0 Å². The zero-order valence-corrected chi connectivity index (χ0v) is 18.8. The van der Waals surface area contributed by atoms with Crippen molar-refractivity contribution in [3.8, 4) is 22.3 Å². The second-order valence-corrected chi connectivity index (χ2v) is 9.70. The van der Waals surface area contributed by atoms with Crippen molar-refractivity contribution in [1.29, 1.82) is 0 Å². The van der Waals surface area contributed by atoms with Crippen LogP contribution in [0.4, 0.5) is 0 Å². The first kappa shape index (κ1) is 18.6. The molecular weight excluding hydrogens is 398 g/mol. The third-order valence-corrected chi connectivity index (χ3v) is 7.48. The van der Waals surface area contributed by atoms with Gasteiger partial charge in [-0.15, -0.1) is 0 Å². The van der Waals surface area contributed by atoms with Gasteiger partial charge in [0, 0.05) is 17.0 Å². The third-order valence-electron chi connectivity index (χ3n) is 7.48. The van der Waals surface area contributed by atoms with E-state index >= 15 is 0 Å². The molecule has 156 valence electrons. The highest BCUT2D eigenvalue weighted by molar-refractivity contribution is 6.08. The van der Waals surface area contributed by atoms with Crippen LogP contribution in [0.1, 0.15) is 25.0 Å². The van der Waals surface area contributed by atoms with Crippen LogP contribution >= 0.6 is 0 Å². The maximum Gasteiger partial charge on any atom is 0.0705 e. The van der Waals surface area contributed by atoms with Gasteiger partial charge in [0.05, 0.1) is 5.52 Å². The zero-order chi connectivity index (χ0) is 22.2. The maximum atomic E-state index is 4.60. The second kappa shape index (κ2) is 6.52. The molecular formula is C32H23N. The van der Waals surface area contributed by atoms with Crippen molar-refractivity contribution in [1.82, 2.24) is 4.98 Å². The summed E-state index contributed by atoms with van der Waals surface area (Å²) in [4.78, 5) is 4.60. The topological polar surface area (TPSA) is 12.9 Å². The molecule has 1 heterocycles. The van der Waals surface area contributed by atoms with Crippen LogP contribution in [0.25, 0.3) is 54.7 Å². The van der Waals surface area contributed by atoms with Crippen LogP contribution in [0.5, 0.6) is 0 Å². The normalized spacial score (nSPS) is 14.0. The number of fused-ring (bicyclic) bond motifs is 7. The predicted octanol–water partition coefficient (Wildman–Crippen LogP) is 8.51. The lowest BCUT2D eigenvalue weighted by Crippen LogP contribution is -2.15. The first-order valence-electron chi connectivity index (χ1n) is 11.6. The Morgan fingerprint density at radius 2 is 1.27 bits per heavy atom. The van der Waals surface area contributed by atoms with Crippen LogP contribution < -0.4 is 0 Å². The van der Waals surface area contributed by atoms with Crippen molar-refractivity contribution in [2.45, 2.75) is 19.3 Å². The van der Waals surface area contributed by atoms with E-state index < -0.39 is 0 Å². The Hall–Kier alpha value is -3.97. The molecule has 0 amide bonds.